The molecule has 4 nitrogen and oxygen atoms in total. The summed E-state index contributed by atoms with van der Waals surface area (Å²) in [4.78, 5) is 12.5. The van der Waals surface area contributed by atoms with Gasteiger partial charge in [0.2, 0.25) is 0 Å². The van der Waals surface area contributed by atoms with Crippen LogP contribution in [0.25, 0.3) is 0 Å². The van der Waals surface area contributed by atoms with Crippen LogP contribution in [0, 0.1) is 11.3 Å². The van der Waals surface area contributed by atoms with E-state index < -0.39 is 24.4 Å². The Morgan fingerprint density at radius 1 is 1.10 bits per heavy atom. The molecule has 0 aromatic rings. The second-order valence-corrected chi connectivity index (χ2v) is 7.05. The molecule has 0 spiro atoms. The number of carbonyl (C=O) groups is 1. The van der Waals surface area contributed by atoms with Gasteiger partial charge >= 0.3 is 5.97 Å². The van der Waals surface area contributed by atoms with Crippen molar-refractivity contribution in [3.8, 4) is 0 Å². The fraction of sp³-hybridized carbons (Fsp3) is 0.933. The largest absolute Gasteiger partial charge is 0.459 e. The van der Waals surface area contributed by atoms with Gasteiger partial charge in [0.15, 0.2) is 6.61 Å². The number of hydrogen-bond acceptors (Lipinski definition) is 4. The highest BCUT2D eigenvalue weighted by Crippen LogP contribution is 2.65. The average Bonchev–Trinajstić information content (AvgIpc) is 2.43. The minimum Gasteiger partial charge on any atom is -0.459 e. The normalized spacial score (nSPS) is 44.3. The van der Waals surface area contributed by atoms with Crippen LogP contribution in [0.1, 0.15) is 38.5 Å². The van der Waals surface area contributed by atoms with Crippen LogP contribution in [-0.4, -0.2) is 44.4 Å². The molecule has 4 saturated carbocycles. The first-order valence-electron chi connectivity index (χ1n) is 7.42. The van der Waals surface area contributed by atoms with Gasteiger partial charge in [-0.25, -0.2) is 8.78 Å². The molecule has 0 amide bonds. The van der Waals surface area contributed by atoms with Crippen LogP contribution in [0.4, 0.5) is 8.78 Å². The maximum Gasteiger partial charge on any atom is 0.312 e. The van der Waals surface area contributed by atoms with Gasteiger partial charge in [0.05, 0.1) is 16.6 Å². The highest BCUT2D eigenvalue weighted by molar-refractivity contribution is 5.78. The summed E-state index contributed by atoms with van der Waals surface area (Å²) in [5.74, 6) is -0.171. The third-order valence-electron chi connectivity index (χ3n) is 5.61. The standard InChI is InChI=1S/C15H22F2O4/c1-19-14-4-10-3-13(7-14,12(18)21-6-11(16)17)8-15(5-10,9-14)20-2/h10-11H,3-9H2,1-2H3. The molecule has 0 aromatic carbocycles. The van der Waals surface area contributed by atoms with Crippen molar-refractivity contribution in [1.29, 1.82) is 0 Å². The van der Waals surface area contributed by atoms with E-state index in [1.807, 2.05) is 0 Å². The van der Waals surface area contributed by atoms with Crippen LogP contribution in [0.15, 0.2) is 0 Å². The van der Waals surface area contributed by atoms with E-state index in [4.69, 9.17) is 14.2 Å². The van der Waals surface area contributed by atoms with E-state index in [1.165, 1.54) is 0 Å². The van der Waals surface area contributed by atoms with Crippen molar-refractivity contribution < 1.29 is 27.8 Å². The highest BCUT2D eigenvalue weighted by atomic mass is 19.3. The second-order valence-electron chi connectivity index (χ2n) is 7.05. The quantitative estimate of drug-likeness (QED) is 0.732. The summed E-state index contributed by atoms with van der Waals surface area (Å²) in [7, 11) is 3.32. The zero-order valence-electron chi connectivity index (χ0n) is 12.5. The Bertz CT molecular complexity index is 419. The SMILES string of the molecule is COC12CC3CC(OC)(C1)CC(C(=O)OCC(F)F)(C3)C2. The molecule has 2 atom stereocenters. The van der Waals surface area contributed by atoms with Crippen LogP contribution in [-0.2, 0) is 19.0 Å². The molecule has 0 aliphatic heterocycles. The van der Waals surface area contributed by atoms with Gasteiger partial charge < -0.3 is 14.2 Å². The third kappa shape index (κ3) is 2.36. The number of rotatable bonds is 5. The lowest BCUT2D eigenvalue weighted by Crippen LogP contribution is -2.66. The van der Waals surface area contributed by atoms with E-state index in [0.717, 1.165) is 19.3 Å². The summed E-state index contributed by atoms with van der Waals surface area (Å²) in [6.45, 7) is -0.828. The fourth-order valence-electron chi connectivity index (χ4n) is 5.24. The Balaban J connectivity index is 1.87. The molecule has 2 unspecified atom stereocenters. The van der Waals surface area contributed by atoms with Crippen LogP contribution >= 0.6 is 0 Å². The van der Waals surface area contributed by atoms with Crippen molar-refractivity contribution in [1.82, 2.24) is 0 Å². The molecule has 0 N–H and O–H groups in total. The van der Waals surface area contributed by atoms with E-state index in [-0.39, 0.29) is 11.2 Å². The number of alkyl halides is 2. The molecule has 0 radical (unpaired) electrons. The van der Waals surface area contributed by atoms with Crippen molar-refractivity contribution >= 4 is 5.97 Å². The Labute approximate surface area is 123 Å². The van der Waals surface area contributed by atoms with Crippen LogP contribution in [0.2, 0.25) is 0 Å². The van der Waals surface area contributed by atoms with Crippen molar-refractivity contribution in [3.63, 3.8) is 0 Å². The smallest absolute Gasteiger partial charge is 0.312 e. The fourth-order valence-corrected chi connectivity index (χ4v) is 5.24. The van der Waals surface area contributed by atoms with Crippen molar-refractivity contribution in [2.24, 2.45) is 11.3 Å². The molecule has 4 fully saturated rings. The Hall–Kier alpha value is -0.750. The van der Waals surface area contributed by atoms with Gasteiger partial charge in [-0.2, -0.15) is 0 Å². The average molecular weight is 304 g/mol. The van der Waals surface area contributed by atoms with Gasteiger partial charge in [-0.15, -0.1) is 0 Å². The molecular formula is C15H22F2O4. The lowest BCUT2D eigenvalue weighted by atomic mass is 9.46. The number of carbonyl (C=O) groups excluding carboxylic acids is 1. The Morgan fingerprint density at radius 2 is 1.67 bits per heavy atom. The number of hydrogen-bond donors (Lipinski definition) is 0. The monoisotopic (exact) mass is 304 g/mol. The third-order valence-corrected chi connectivity index (χ3v) is 5.61. The topological polar surface area (TPSA) is 44.8 Å². The first-order chi connectivity index (χ1) is 9.87. The molecule has 0 saturated heterocycles. The maximum absolute atomic E-state index is 12.5. The molecule has 6 heteroatoms. The molecule has 0 heterocycles. The Morgan fingerprint density at radius 3 is 2.14 bits per heavy atom. The summed E-state index contributed by atoms with van der Waals surface area (Å²) < 4.78 is 41.0. The second kappa shape index (κ2) is 4.88. The molecule has 4 aliphatic carbocycles. The van der Waals surface area contributed by atoms with E-state index in [1.54, 1.807) is 14.2 Å². The first kappa shape index (κ1) is 15.2. The zero-order chi connectivity index (χ0) is 15.3. The molecular weight excluding hydrogens is 282 g/mol. The summed E-state index contributed by atoms with van der Waals surface area (Å²) >= 11 is 0. The van der Waals surface area contributed by atoms with Crippen LogP contribution < -0.4 is 0 Å². The lowest BCUT2D eigenvalue weighted by Gasteiger charge is -2.64. The lowest BCUT2D eigenvalue weighted by molar-refractivity contribution is -0.252. The highest BCUT2D eigenvalue weighted by Gasteiger charge is 2.67. The molecule has 0 aromatic heterocycles. The molecule has 4 rings (SSSR count). The summed E-state index contributed by atoms with van der Waals surface area (Å²) in [5, 5.41) is 0. The number of halogens is 2. The van der Waals surface area contributed by atoms with Gasteiger partial charge in [-0.3, -0.25) is 4.79 Å². The van der Waals surface area contributed by atoms with Crippen molar-refractivity contribution in [3.05, 3.63) is 0 Å². The Kier molecular flexibility index (Phi) is 3.52. The molecule has 4 bridgehead atoms. The summed E-state index contributed by atoms with van der Waals surface area (Å²) in [6, 6.07) is 0. The predicted octanol–water partition coefficient (Wildman–Crippen LogP) is 2.55. The molecule has 21 heavy (non-hydrogen) atoms. The molecule has 4 aliphatic rings. The van der Waals surface area contributed by atoms with Gasteiger partial charge in [0.1, 0.15) is 0 Å². The first-order valence-corrected chi connectivity index (χ1v) is 7.42. The minimum atomic E-state index is -2.63. The van der Waals surface area contributed by atoms with Gasteiger partial charge in [0.25, 0.3) is 6.43 Å². The van der Waals surface area contributed by atoms with E-state index >= 15 is 0 Å². The summed E-state index contributed by atoms with van der Waals surface area (Å²) in [5.41, 5.74) is -1.47. The van der Waals surface area contributed by atoms with E-state index in [0.29, 0.717) is 25.2 Å². The van der Waals surface area contributed by atoms with Crippen LogP contribution in [0.5, 0.6) is 0 Å². The number of methoxy groups -OCH3 is 2. The van der Waals surface area contributed by atoms with Gasteiger partial charge in [-0.1, -0.05) is 0 Å². The van der Waals surface area contributed by atoms with E-state index in [2.05, 4.69) is 0 Å². The van der Waals surface area contributed by atoms with Crippen molar-refractivity contribution in [2.75, 3.05) is 20.8 Å². The number of esters is 1. The maximum atomic E-state index is 12.5. The van der Waals surface area contributed by atoms with Gasteiger partial charge in [-0.05, 0) is 38.0 Å². The minimum absolute atomic E-state index is 0.334. The van der Waals surface area contributed by atoms with Crippen molar-refractivity contribution in [2.45, 2.75) is 56.2 Å². The zero-order valence-corrected chi connectivity index (χ0v) is 12.5. The van der Waals surface area contributed by atoms with Gasteiger partial charge in [0, 0.05) is 20.6 Å². The molecule has 120 valence electrons. The van der Waals surface area contributed by atoms with Crippen LogP contribution in [0.3, 0.4) is 0 Å². The summed E-state index contributed by atoms with van der Waals surface area (Å²) in [6.07, 6.45) is 1.78. The number of ether oxygens (including phenoxy) is 3. The van der Waals surface area contributed by atoms with E-state index in [9.17, 15) is 13.6 Å². The predicted molar refractivity (Wildman–Crippen MR) is 70.1 cm³/mol.